The molecule has 1 heterocycles. The quantitative estimate of drug-likeness (QED) is 0.487. The third-order valence-electron chi connectivity index (χ3n) is 4.85. The van der Waals surface area contributed by atoms with E-state index >= 15 is 0 Å². The summed E-state index contributed by atoms with van der Waals surface area (Å²) in [5.74, 6) is 1.76. The molecule has 1 aliphatic rings. The molecule has 1 aliphatic heterocycles. The van der Waals surface area contributed by atoms with Crippen molar-refractivity contribution in [2.75, 3.05) is 17.7 Å². The largest absolute Gasteiger partial charge is 0.494 e. The molecule has 0 spiro atoms. The van der Waals surface area contributed by atoms with Gasteiger partial charge in [-0.05, 0) is 73.2 Å². The highest BCUT2D eigenvalue weighted by atomic mass is 32.2. The molecule has 0 aromatic heterocycles. The van der Waals surface area contributed by atoms with E-state index < -0.39 is 0 Å². The highest BCUT2D eigenvalue weighted by molar-refractivity contribution is 8.14. The normalized spacial score (nSPS) is 13.2. The topological polar surface area (TPSA) is 84.9 Å². The summed E-state index contributed by atoms with van der Waals surface area (Å²) in [6.07, 6.45) is 0. The van der Waals surface area contributed by atoms with Crippen molar-refractivity contribution < 1.29 is 23.9 Å². The molecule has 0 radical (unpaired) electrons. The van der Waals surface area contributed by atoms with Crippen LogP contribution in [0.2, 0.25) is 0 Å². The van der Waals surface area contributed by atoms with Gasteiger partial charge in [0.2, 0.25) is 5.91 Å². The van der Waals surface area contributed by atoms with Gasteiger partial charge in [-0.3, -0.25) is 19.3 Å². The van der Waals surface area contributed by atoms with E-state index in [0.717, 1.165) is 17.5 Å². The number of amides is 3. The van der Waals surface area contributed by atoms with Crippen LogP contribution in [-0.4, -0.2) is 34.3 Å². The maximum atomic E-state index is 12.7. The van der Waals surface area contributed by atoms with Gasteiger partial charge in [0.15, 0.2) is 0 Å². The smallest absolute Gasteiger partial charge is 0.289 e. The van der Waals surface area contributed by atoms with E-state index in [0.29, 0.717) is 34.9 Å². The molecular weight excluding hydrogens is 440 g/mol. The summed E-state index contributed by atoms with van der Waals surface area (Å²) in [7, 11) is 0. The summed E-state index contributed by atoms with van der Waals surface area (Å²) in [6.45, 7) is 2.69. The Labute approximate surface area is 195 Å². The third-order valence-corrected chi connectivity index (χ3v) is 5.71. The third kappa shape index (κ3) is 5.72. The molecule has 8 heteroatoms. The number of nitrogens with zero attached hydrogens (tertiary/aromatic N) is 1. The van der Waals surface area contributed by atoms with Crippen LogP contribution in [-0.2, 0) is 11.3 Å². The second-order valence-electron chi connectivity index (χ2n) is 7.22. The minimum atomic E-state index is -0.287. The van der Waals surface area contributed by atoms with Gasteiger partial charge in [0.1, 0.15) is 17.2 Å². The number of anilines is 1. The number of hydrogen-bond donors (Lipinski definition) is 1. The monoisotopic (exact) mass is 462 g/mol. The summed E-state index contributed by atoms with van der Waals surface area (Å²) < 4.78 is 11.2. The maximum Gasteiger partial charge on any atom is 0.289 e. The lowest BCUT2D eigenvalue weighted by molar-refractivity contribution is -0.125. The van der Waals surface area contributed by atoms with Crippen molar-refractivity contribution in [1.29, 1.82) is 0 Å². The predicted molar refractivity (Wildman–Crippen MR) is 127 cm³/mol. The number of imide groups is 1. The van der Waals surface area contributed by atoms with Crippen molar-refractivity contribution in [3.63, 3.8) is 0 Å². The number of carbonyl (C=O) groups excluding carboxylic acids is 3. The first-order valence-corrected chi connectivity index (χ1v) is 11.4. The second-order valence-corrected chi connectivity index (χ2v) is 8.15. The van der Waals surface area contributed by atoms with Crippen LogP contribution in [0.5, 0.6) is 17.2 Å². The number of benzene rings is 3. The van der Waals surface area contributed by atoms with Crippen molar-refractivity contribution in [2.24, 2.45) is 0 Å². The maximum absolute atomic E-state index is 12.7. The van der Waals surface area contributed by atoms with E-state index in [9.17, 15) is 14.4 Å². The average molecular weight is 463 g/mol. The first kappa shape index (κ1) is 22.4. The lowest BCUT2D eigenvalue weighted by atomic mass is 10.1. The first-order valence-electron chi connectivity index (χ1n) is 10.4. The van der Waals surface area contributed by atoms with Crippen LogP contribution >= 0.6 is 11.8 Å². The molecule has 3 aromatic rings. The molecule has 0 aliphatic carbocycles. The molecule has 0 bridgehead atoms. The second kappa shape index (κ2) is 10.2. The van der Waals surface area contributed by atoms with Crippen molar-refractivity contribution in [3.05, 3.63) is 83.9 Å². The zero-order chi connectivity index (χ0) is 23.2. The van der Waals surface area contributed by atoms with Gasteiger partial charge in [0, 0.05) is 11.3 Å². The van der Waals surface area contributed by atoms with E-state index in [4.69, 9.17) is 9.47 Å². The van der Waals surface area contributed by atoms with Crippen LogP contribution in [0.25, 0.3) is 0 Å². The van der Waals surface area contributed by atoms with Crippen LogP contribution in [0.4, 0.5) is 10.5 Å². The van der Waals surface area contributed by atoms with Gasteiger partial charge in [-0.25, -0.2) is 0 Å². The molecule has 4 rings (SSSR count). The van der Waals surface area contributed by atoms with Crippen LogP contribution in [0.15, 0.2) is 72.8 Å². The fourth-order valence-electron chi connectivity index (χ4n) is 3.24. The van der Waals surface area contributed by atoms with Gasteiger partial charge in [-0.1, -0.05) is 23.9 Å². The molecule has 33 heavy (non-hydrogen) atoms. The zero-order valence-electron chi connectivity index (χ0n) is 17.9. The lowest BCUT2D eigenvalue weighted by Gasteiger charge is -2.13. The molecule has 0 saturated carbocycles. The number of thioether (sulfide) groups is 1. The van der Waals surface area contributed by atoms with Crippen LogP contribution in [0.3, 0.4) is 0 Å². The Morgan fingerprint density at radius 1 is 0.970 bits per heavy atom. The molecular formula is C25H22N2O5S. The van der Waals surface area contributed by atoms with E-state index in [1.165, 1.54) is 4.90 Å². The van der Waals surface area contributed by atoms with Crippen LogP contribution in [0.1, 0.15) is 22.8 Å². The van der Waals surface area contributed by atoms with Crippen LogP contribution < -0.4 is 14.8 Å². The van der Waals surface area contributed by atoms with Crippen molar-refractivity contribution in [1.82, 2.24) is 4.90 Å². The van der Waals surface area contributed by atoms with E-state index in [2.05, 4.69) is 5.32 Å². The van der Waals surface area contributed by atoms with Crippen molar-refractivity contribution >= 4 is 34.5 Å². The Balaban J connectivity index is 1.36. The summed E-state index contributed by atoms with van der Waals surface area (Å²) in [4.78, 5) is 37.5. The van der Waals surface area contributed by atoms with Gasteiger partial charge >= 0.3 is 0 Å². The fraction of sp³-hybridized carbons (Fsp3) is 0.160. The minimum absolute atomic E-state index is 0.156. The zero-order valence-corrected chi connectivity index (χ0v) is 18.8. The number of ether oxygens (including phenoxy) is 2. The molecule has 3 amide bonds. The van der Waals surface area contributed by atoms with Gasteiger partial charge < -0.3 is 14.8 Å². The standard InChI is InChI=1S/C25H22N2O5S/c1-2-31-20-10-12-22(13-11-20)32-21-8-6-19(7-9-21)26-24(29)18-5-3-4-17(14-18)15-27-23(28)16-33-25(27)30/h3-14H,2,15-16H2,1H3,(H,26,29). The van der Waals surface area contributed by atoms with Gasteiger partial charge in [0.05, 0.1) is 18.9 Å². The summed E-state index contributed by atoms with van der Waals surface area (Å²) in [5.41, 5.74) is 1.77. The number of rotatable bonds is 8. The van der Waals surface area contributed by atoms with E-state index in [1.54, 1.807) is 48.5 Å². The van der Waals surface area contributed by atoms with Crippen molar-refractivity contribution in [2.45, 2.75) is 13.5 Å². The van der Waals surface area contributed by atoms with Crippen LogP contribution in [0, 0.1) is 0 Å². The molecule has 7 nitrogen and oxygen atoms in total. The SMILES string of the molecule is CCOc1ccc(Oc2ccc(NC(=O)c3cccc(CN4C(=O)CSC4=O)c3)cc2)cc1. The van der Waals surface area contributed by atoms with E-state index in [1.807, 2.05) is 31.2 Å². The molecule has 0 unspecified atom stereocenters. The fourth-order valence-corrected chi connectivity index (χ4v) is 3.97. The summed E-state index contributed by atoms with van der Waals surface area (Å²) in [5, 5.41) is 2.58. The summed E-state index contributed by atoms with van der Waals surface area (Å²) in [6, 6.07) is 21.3. The number of hydrogen-bond acceptors (Lipinski definition) is 6. The lowest BCUT2D eigenvalue weighted by Crippen LogP contribution is -2.28. The Hall–Kier alpha value is -3.78. The predicted octanol–water partition coefficient (Wildman–Crippen LogP) is 5.33. The Bertz CT molecular complexity index is 1150. The average Bonchev–Trinajstić information content (AvgIpc) is 3.14. The summed E-state index contributed by atoms with van der Waals surface area (Å²) >= 11 is 0.991. The molecule has 3 aromatic carbocycles. The van der Waals surface area contributed by atoms with Gasteiger partial charge in [-0.15, -0.1) is 0 Å². The number of carbonyl (C=O) groups is 3. The molecule has 1 saturated heterocycles. The van der Waals surface area contributed by atoms with Crippen molar-refractivity contribution in [3.8, 4) is 17.2 Å². The van der Waals surface area contributed by atoms with Gasteiger partial charge in [0.25, 0.3) is 11.1 Å². The first-order chi connectivity index (χ1) is 16.0. The Kier molecular flexibility index (Phi) is 6.95. The van der Waals surface area contributed by atoms with Gasteiger partial charge in [-0.2, -0.15) is 0 Å². The Morgan fingerprint density at radius 3 is 2.27 bits per heavy atom. The highest BCUT2D eigenvalue weighted by Crippen LogP contribution is 2.26. The Morgan fingerprint density at radius 2 is 1.64 bits per heavy atom. The molecule has 1 fully saturated rings. The minimum Gasteiger partial charge on any atom is -0.494 e. The van der Waals surface area contributed by atoms with E-state index in [-0.39, 0.29) is 29.4 Å². The molecule has 1 N–H and O–H groups in total. The highest BCUT2D eigenvalue weighted by Gasteiger charge is 2.29. The molecule has 168 valence electrons. The molecule has 0 atom stereocenters. The number of nitrogens with one attached hydrogen (secondary N) is 1.